The zero-order valence-corrected chi connectivity index (χ0v) is 13.3. The fraction of sp³-hybridized carbons (Fsp3) is 0.421. The van der Waals surface area contributed by atoms with Crippen molar-refractivity contribution in [3.05, 3.63) is 54.0 Å². The molecular formula is C19H23NO3. The van der Waals surface area contributed by atoms with Crippen molar-refractivity contribution in [1.29, 1.82) is 0 Å². The molecule has 0 unspecified atom stereocenters. The van der Waals surface area contributed by atoms with Gasteiger partial charge in [-0.25, -0.2) is 0 Å². The van der Waals surface area contributed by atoms with E-state index in [1.54, 1.807) is 23.3 Å². The third-order valence-electron chi connectivity index (χ3n) is 4.57. The van der Waals surface area contributed by atoms with Crippen molar-refractivity contribution in [2.75, 3.05) is 0 Å². The summed E-state index contributed by atoms with van der Waals surface area (Å²) in [4.78, 5) is 14.5. The first-order valence-electron chi connectivity index (χ1n) is 8.29. The quantitative estimate of drug-likeness (QED) is 0.873. The summed E-state index contributed by atoms with van der Waals surface area (Å²) < 4.78 is 5.40. The summed E-state index contributed by atoms with van der Waals surface area (Å²) in [5, 5.41) is 9.99. The average molecular weight is 313 g/mol. The minimum Gasteiger partial charge on any atom is -0.508 e. The van der Waals surface area contributed by atoms with Crippen molar-refractivity contribution in [1.82, 2.24) is 4.90 Å². The van der Waals surface area contributed by atoms with Gasteiger partial charge in [0.2, 0.25) is 5.91 Å². The van der Waals surface area contributed by atoms with Crippen molar-refractivity contribution in [3.63, 3.8) is 0 Å². The molecule has 3 rings (SSSR count). The summed E-state index contributed by atoms with van der Waals surface area (Å²) in [5.74, 6) is 1.63. The molecule has 1 heterocycles. The van der Waals surface area contributed by atoms with E-state index in [4.69, 9.17) is 4.42 Å². The molecule has 4 heteroatoms. The molecule has 0 saturated heterocycles. The standard InChI is InChI=1S/C19H23NO3/c21-18-10-4-3-8-16(18)13-20(14-17-9-5-11-23-17)19(22)12-15-6-1-2-7-15/h3-5,8-11,15,21H,1-2,6-7,12-14H2. The van der Waals surface area contributed by atoms with Gasteiger partial charge < -0.3 is 14.4 Å². The first kappa shape index (κ1) is 15.7. The molecule has 2 aromatic rings. The lowest BCUT2D eigenvalue weighted by atomic mass is 10.0. The van der Waals surface area contributed by atoms with E-state index in [0.29, 0.717) is 25.4 Å². The van der Waals surface area contributed by atoms with Crippen molar-refractivity contribution < 1.29 is 14.3 Å². The molecule has 1 N–H and O–H groups in total. The monoisotopic (exact) mass is 313 g/mol. The highest BCUT2D eigenvalue weighted by atomic mass is 16.3. The number of nitrogens with zero attached hydrogens (tertiary/aromatic N) is 1. The molecule has 1 aliphatic carbocycles. The summed E-state index contributed by atoms with van der Waals surface area (Å²) in [6.45, 7) is 0.839. The Morgan fingerprint density at radius 1 is 1.13 bits per heavy atom. The topological polar surface area (TPSA) is 53.7 Å². The molecule has 1 aliphatic rings. The third kappa shape index (κ3) is 4.15. The molecular weight excluding hydrogens is 290 g/mol. The first-order chi connectivity index (χ1) is 11.2. The molecule has 0 aliphatic heterocycles. The van der Waals surface area contributed by atoms with E-state index in [1.165, 1.54) is 12.8 Å². The fourth-order valence-electron chi connectivity index (χ4n) is 3.26. The lowest BCUT2D eigenvalue weighted by molar-refractivity contribution is -0.133. The van der Waals surface area contributed by atoms with Gasteiger partial charge in [0.25, 0.3) is 0 Å². The second-order valence-electron chi connectivity index (χ2n) is 6.31. The Labute approximate surface area is 136 Å². The van der Waals surface area contributed by atoms with Crippen LogP contribution in [0.15, 0.2) is 47.1 Å². The van der Waals surface area contributed by atoms with Gasteiger partial charge in [-0.1, -0.05) is 31.0 Å². The van der Waals surface area contributed by atoms with Crippen LogP contribution in [-0.4, -0.2) is 15.9 Å². The van der Waals surface area contributed by atoms with Crippen LogP contribution in [0.1, 0.15) is 43.4 Å². The number of aromatic hydroxyl groups is 1. The molecule has 1 saturated carbocycles. The van der Waals surface area contributed by atoms with Gasteiger partial charge in [0, 0.05) is 18.5 Å². The number of phenols is 1. The highest BCUT2D eigenvalue weighted by Gasteiger charge is 2.23. The maximum absolute atomic E-state index is 12.7. The van der Waals surface area contributed by atoms with Crippen LogP contribution < -0.4 is 0 Å². The minimum absolute atomic E-state index is 0.136. The van der Waals surface area contributed by atoms with Crippen LogP contribution in [0, 0.1) is 5.92 Å². The smallest absolute Gasteiger partial charge is 0.223 e. The lowest BCUT2D eigenvalue weighted by Gasteiger charge is -2.24. The zero-order chi connectivity index (χ0) is 16.1. The van der Waals surface area contributed by atoms with Crippen LogP contribution in [0.4, 0.5) is 0 Å². The van der Waals surface area contributed by atoms with Gasteiger partial charge in [0.15, 0.2) is 0 Å². The largest absolute Gasteiger partial charge is 0.508 e. The Morgan fingerprint density at radius 2 is 1.91 bits per heavy atom. The molecule has 1 fully saturated rings. The Kier molecular flexibility index (Phi) is 5.01. The molecule has 0 spiro atoms. The van der Waals surface area contributed by atoms with Gasteiger partial charge in [0.05, 0.1) is 12.8 Å². The van der Waals surface area contributed by atoms with Crippen molar-refractivity contribution >= 4 is 5.91 Å². The second kappa shape index (κ2) is 7.36. The molecule has 1 aromatic carbocycles. The molecule has 0 radical (unpaired) electrons. The van der Waals surface area contributed by atoms with Crippen molar-refractivity contribution in [2.45, 2.75) is 45.2 Å². The van der Waals surface area contributed by atoms with E-state index in [1.807, 2.05) is 24.3 Å². The summed E-state index contributed by atoms with van der Waals surface area (Å²) in [7, 11) is 0. The van der Waals surface area contributed by atoms with Crippen LogP contribution in [0.5, 0.6) is 5.75 Å². The lowest BCUT2D eigenvalue weighted by Crippen LogP contribution is -2.31. The van der Waals surface area contributed by atoms with Crippen LogP contribution in [0.3, 0.4) is 0 Å². The minimum atomic E-state index is 0.136. The Bertz CT molecular complexity index is 630. The average Bonchev–Trinajstić information content (AvgIpc) is 3.22. The van der Waals surface area contributed by atoms with Gasteiger partial charge in [-0.2, -0.15) is 0 Å². The van der Waals surface area contributed by atoms with Gasteiger partial charge in [-0.3, -0.25) is 4.79 Å². The molecule has 1 amide bonds. The van der Waals surface area contributed by atoms with Gasteiger partial charge in [0.1, 0.15) is 11.5 Å². The number of rotatable bonds is 6. The first-order valence-corrected chi connectivity index (χ1v) is 8.29. The number of hydrogen-bond acceptors (Lipinski definition) is 3. The van der Waals surface area contributed by atoms with E-state index < -0.39 is 0 Å². The Morgan fingerprint density at radius 3 is 2.61 bits per heavy atom. The van der Waals surface area contributed by atoms with Crippen LogP contribution >= 0.6 is 0 Å². The van der Waals surface area contributed by atoms with Gasteiger partial charge >= 0.3 is 0 Å². The number of carbonyl (C=O) groups excluding carboxylic acids is 1. The van der Waals surface area contributed by atoms with Crippen LogP contribution in [0.2, 0.25) is 0 Å². The number of para-hydroxylation sites is 1. The molecule has 0 atom stereocenters. The Balaban J connectivity index is 1.72. The molecule has 4 nitrogen and oxygen atoms in total. The van der Waals surface area contributed by atoms with E-state index in [-0.39, 0.29) is 11.7 Å². The normalized spacial score (nSPS) is 15.0. The van der Waals surface area contributed by atoms with Gasteiger partial charge in [-0.15, -0.1) is 0 Å². The Hall–Kier alpha value is -2.23. The summed E-state index contributed by atoms with van der Waals surface area (Å²) in [6.07, 6.45) is 6.97. The second-order valence-corrected chi connectivity index (χ2v) is 6.31. The SMILES string of the molecule is O=C(CC1CCCC1)N(Cc1ccco1)Cc1ccccc1O. The number of furan rings is 1. The number of carbonyl (C=O) groups is 1. The van der Waals surface area contributed by atoms with Crippen molar-refractivity contribution in [2.24, 2.45) is 5.92 Å². The zero-order valence-electron chi connectivity index (χ0n) is 13.3. The van der Waals surface area contributed by atoms with E-state index >= 15 is 0 Å². The number of phenolic OH excluding ortho intramolecular Hbond substituents is 1. The fourth-order valence-corrected chi connectivity index (χ4v) is 3.26. The predicted octanol–water partition coefficient (Wildman–Crippen LogP) is 4.09. The maximum Gasteiger partial charge on any atom is 0.223 e. The molecule has 1 aromatic heterocycles. The highest BCUT2D eigenvalue weighted by Crippen LogP contribution is 2.29. The molecule has 23 heavy (non-hydrogen) atoms. The van der Waals surface area contributed by atoms with Crippen LogP contribution in [0.25, 0.3) is 0 Å². The third-order valence-corrected chi connectivity index (χ3v) is 4.57. The van der Waals surface area contributed by atoms with E-state index in [2.05, 4.69) is 0 Å². The highest BCUT2D eigenvalue weighted by molar-refractivity contribution is 5.76. The predicted molar refractivity (Wildman–Crippen MR) is 87.6 cm³/mol. The summed E-state index contributed by atoms with van der Waals surface area (Å²) >= 11 is 0. The summed E-state index contributed by atoms with van der Waals surface area (Å²) in [5.41, 5.74) is 0.763. The molecule has 122 valence electrons. The van der Waals surface area contributed by atoms with E-state index in [9.17, 15) is 9.90 Å². The number of benzene rings is 1. The number of amides is 1. The van der Waals surface area contributed by atoms with Crippen LogP contribution in [-0.2, 0) is 17.9 Å². The van der Waals surface area contributed by atoms with E-state index in [0.717, 1.165) is 24.2 Å². The maximum atomic E-state index is 12.7. The number of hydrogen-bond donors (Lipinski definition) is 1. The van der Waals surface area contributed by atoms with Gasteiger partial charge in [-0.05, 0) is 37.0 Å². The summed E-state index contributed by atoms with van der Waals surface area (Å²) in [6, 6.07) is 10.9. The molecule has 0 bridgehead atoms. The van der Waals surface area contributed by atoms with Crippen molar-refractivity contribution in [3.8, 4) is 5.75 Å².